The molecule has 3 heterocycles. The summed E-state index contributed by atoms with van der Waals surface area (Å²) >= 11 is 6.37. The van der Waals surface area contributed by atoms with Gasteiger partial charge in [-0.05, 0) is 37.4 Å². The third-order valence-corrected chi connectivity index (χ3v) is 7.48. The Bertz CT molecular complexity index is 1490. The van der Waals surface area contributed by atoms with Crippen molar-refractivity contribution < 1.29 is 4.57 Å². The number of allylic oxidation sites excluding steroid dienone is 2. The Morgan fingerprint density at radius 1 is 1.23 bits per heavy atom. The lowest BCUT2D eigenvalue weighted by Crippen LogP contribution is -2.15. The lowest BCUT2D eigenvalue weighted by atomic mass is 10.1. The van der Waals surface area contributed by atoms with Gasteiger partial charge in [-0.3, -0.25) is 15.0 Å². The molecule has 3 aromatic heterocycles. The molecule has 182 valence electrons. The second-order valence-electron chi connectivity index (χ2n) is 8.60. The third kappa shape index (κ3) is 5.36. The fourth-order valence-electron chi connectivity index (χ4n) is 3.69. The van der Waals surface area contributed by atoms with E-state index in [-0.39, 0.29) is 5.92 Å². The quantitative estimate of drug-likeness (QED) is 0.211. The van der Waals surface area contributed by atoms with Gasteiger partial charge in [-0.25, -0.2) is 0 Å². The molecule has 0 fully saturated rings. The molecule has 0 aliphatic rings. The predicted octanol–water partition coefficient (Wildman–Crippen LogP) is 5.50. The molecule has 0 radical (unpaired) electrons. The molecule has 0 aliphatic carbocycles. The molecular formula is C24H28ClN8OP. The molecule has 1 aromatic carbocycles. The number of fused-ring (bicyclic) bond motifs is 2. The standard InChI is InChI=1S/C24H28ClN8OP/c1-6-14(2)13-18(21(25)26-3)31-24-32-22-15(9-10-29-22)23(33-24)30-17-8-7-16-19(28-12-11-27-16)20(17)35(4,5)34/h7-14H,6H2,1-5H3,(H3,29,30,31,32,33)/b18-13+,26-21?. The summed E-state index contributed by atoms with van der Waals surface area (Å²) in [6, 6.07) is 5.59. The van der Waals surface area contributed by atoms with Gasteiger partial charge < -0.3 is 20.2 Å². The van der Waals surface area contributed by atoms with E-state index < -0.39 is 7.14 Å². The number of benzene rings is 1. The molecule has 4 aromatic rings. The molecule has 1 unspecified atom stereocenters. The smallest absolute Gasteiger partial charge is 0.231 e. The van der Waals surface area contributed by atoms with Gasteiger partial charge >= 0.3 is 0 Å². The number of rotatable bonds is 8. The largest absolute Gasteiger partial charge is 0.346 e. The van der Waals surface area contributed by atoms with Crippen molar-refractivity contribution in [3.63, 3.8) is 0 Å². The molecule has 0 saturated carbocycles. The lowest BCUT2D eigenvalue weighted by Gasteiger charge is -2.17. The maximum absolute atomic E-state index is 13.3. The van der Waals surface area contributed by atoms with E-state index in [1.54, 1.807) is 39.0 Å². The second kappa shape index (κ2) is 10.1. The first-order chi connectivity index (χ1) is 16.7. The maximum atomic E-state index is 13.3. The number of hydrogen-bond acceptors (Lipinski definition) is 8. The van der Waals surface area contributed by atoms with E-state index in [4.69, 9.17) is 16.6 Å². The van der Waals surface area contributed by atoms with Crippen molar-refractivity contribution in [2.24, 2.45) is 10.9 Å². The summed E-state index contributed by atoms with van der Waals surface area (Å²) in [6.45, 7) is 7.64. The van der Waals surface area contributed by atoms with Crippen LogP contribution < -0.4 is 15.9 Å². The molecule has 0 amide bonds. The van der Waals surface area contributed by atoms with Crippen molar-refractivity contribution in [1.29, 1.82) is 0 Å². The maximum Gasteiger partial charge on any atom is 0.231 e. The third-order valence-electron chi connectivity index (χ3n) is 5.58. The molecule has 1 atom stereocenters. The molecular weight excluding hydrogens is 483 g/mol. The average Bonchev–Trinajstić information content (AvgIpc) is 3.31. The van der Waals surface area contributed by atoms with Gasteiger partial charge in [0, 0.05) is 25.6 Å². The van der Waals surface area contributed by atoms with E-state index in [1.807, 2.05) is 24.3 Å². The van der Waals surface area contributed by atoms with Crippen LogP contribution in [-0.4, -0.2) is 50.5 Å². The van der Waals surface area contributed by atoms with Crippen LogP contribution in [0, 0.1) is 5.92 Å². The number of aromatic nitrogens is 5. The predicted molar refractivity (Wildman–Crippen MR) is 146 cm³/mol. The van der Waals surface area contributed by atoms with Gasteiger partial charge in [0.25, 0.3) is 0 Å². The minimum Gasteiger partial charge on any atom is -0.346 e. The number of nitrogens with one attached hydrogen (secondary N) is 3. The van der Waals surface area contributed by atoms with Crippen LogP contribution in [0.5, 0.6) is 0 Å². The van der Waals surface area contributed by atoms with Crippen LogP contribution in [0.3, 0.4) is 0 Å². The molecule has 11 heteroatoms. The molecule has 3 N–H and O–H groups in total. The van der Waals surface area contributed by atoms with Gasteiger partial charge in [-0.2, -0.15) is 9.97 Å². The zero-order valence-electron chi connectivity index (χ0n) is 20.3. The van der Waals surface area contributed by atoms with E-state index in [2.05, 4.69) is 49.4 Å². The van der Waals surface area contributed by atoms with Gasteiger partial charge in [0.05, 0.1) is 27.6 Å². The van der Waals surface area contributed by atoms with Gasteiger partial charge in [0.2, 0.25) is 5.95 Å². The summed E-state index contributed by atoms with van der Waals surface area (Å²) in [7, 11) is -1.10. The Labute approximate surface area is 208 Å². The number of H-pyrrole nitrogens is 1. The van der Waals surface area contributed by atoms with Gasteiger partial charge in [-0.1, -0.05) is 37.9 Å². The van der Waals surface area contributed by atoms with Crippen LogP contribution in [0.25, 0.3) is 22.1 Å². The first-order valence-corrected chi connectivity index (χ1v) is 14.2. The second-order valence-corrected chi connectivity index (χ2v) is 12.1. The van der Waals surface area contributed by atoms with E-state index in [0.29, 0.717) is 50.3 Å². The van der Waals surface area contributed by atoms with Crippen LogP contribution in [0.2, 0.25) is 0 Å². The topological polar surface area (TPSA) is 121 Å². The van der Waals surface area contributed by atoms with Crippen molar-refractivity contribution >= 4 is 68.7 Å². The molecule has 0 saturated heterocycles. The average molecular weight is 511 g/mol. The van der Waals surface area contributed by atoms with Crippen LogP contribution in [-0.2, 0) is 4.57 Å². The molecule has 35 heavy (non-hydrogen) atoms. The molecule has 0 aliphatic heterocycles. The highest BCUT2D eigenvalue weighted by atomic mass is 35.5. The Balaban J connectivity index is 1.82. The normalized spacial score (nSPS) is 13.9. The number of halogens is 1. The number of hydrogen-bond donors (Lipinski definition) is 3. The Morgan fingerprint density at radius 3 is 2.71 bits per heavy atom. The van der Waals surface area contributed by atoms with Crippen LogP contribution in [0.4, 0.5) is 17.5 Å². The monoisotopic (exact) mass is 510 g/mol. The summed E-state index contributed by atoms with van der Waals surface area (Å²) in [5.74, 6) is 1.17. The van der Waals surface area contributed by atoms with Crippen molar-refractivity contribution in [3.05, 3.63) is 48.6 Å². The molecule has 9 nitrogen and oxygen atoms in total. The zero-order valence-corrected chi connectivity index (χ0v) is 21.9. The van der Waals surface area contributed by atoms with E-state index in [1.165, 1.54) is 0 Å². The van der Waals surface area contributed by atoms with E-state index in [0.717, 1.165) is 11.8 Å². The highest BCUT2D eigenvalue weighted by Crippen LogP contribution is 2.41. The summed E-state index contributed by atoms with van der Waals surface area (Å²) in [5, 5.41) is 8.33. The summed E-state index contributed by atoms with van der Waals surface area (Å²) in [6.07, 6.45) is 7.98. The highest BCUT2D eigenvalue weighted by Gasteiger charge is 2.22. The fraction of sp³-hybridized carbons (Fsp3) is 0.292. The van der Waals surface area contributed by atoms with E-state index >= 15 is 0 Å². The van der Waals surface area contributed by atoms with Crippen LogP contribution >= 0.6 is 18.7 Å². The lowest BCUT2D eigenvalue weighted by molar-refractivity contribution is 0.588. The Morgan fingerprint density at radius 2 is 2.00 bits per heavy atom. The van der Waals surface area contributed by atoms with Gasteiger partial charge in [-0.15, -0.1) is 0 Å². The summed E-state index contributed by atoms with van der Waals surface area (Å²) < 4.78 is 13.3. The molecule has 4 rings (SSSR count). The number of anilines is 3. The van der Waals surface area contributed by atoms with Crippen molar-refractivity contribution in [3.8, 4) is 0 Å². The fourth-order valence-corrected chi connectivity index (χ4v) is 5.20. The van der Waals surface area contributed by atoms with Crippen molar-refractivity contribution in [2.75, 3.05) is 31.0 Å². The van der Waals surface area contributed by atoms with Crippen molar-refractivity contribution in [1.82, 2.24) is 24.9 Å². The number of aromatic amines is 1. The van der Waals surface area contributed by atoms with Gasteiger partial charge in [0.15, 0.2) is 0 Å². The van der Waals surface area contributed by atoms with Crippen molar-refractivity contribution in [2.45, 2.75) is 20.3 Å². The first kappa shape index (κ1) is 24.8. The molecule has 0 spiro atoms. The van der Waals surface area contributed by atoms with Crippen LogP contribution in [0.15, 0.2) is 53.6 Å². The minimum atomic E-state index is -2.73. The minimum absolute atomic E-state index is 0.282. The number of aliphatic imine (C=N–C) groups is 1. The van der Waals surface area contributed by atoms with E-state index in [9.17, 15) is 4.57 Å². The Hall–Kier alpha value is -3.29. The van der Waals surface area contributed by atoms with Gasteiger partial charge in [0.1, 0.15) is 29.3 Å². The number of nitrogens with zero attached hydrogens (tertiary/aromatic N) is 5. The summed E-state index contributed by atoms with van der Waals surface area (Å²) in [5.41, 5.74) is 3.21. The Kier molecular flexibility index (Phi) is 7.19. The molecule has 0 bridgehead atoms. The summed E-state index contributed by atoms with van der Waals surface area (Å²) in [4.78, 5) is 25.4. The SMILES string of the molecule is CCC(C)/C=C(/Nc1nc(Nc2ccc3nccnc3c2P(C)(C)=O)c2cc[nH]c2n1)C(Cl)=NC. The first-order valence-electron chi connectivity index (χ1n) is 11.2. The zero-order chi connectivity index (χ0) is 25.2. The van der Waals surface area contributed by atoms with Crippen LogP contribution in [0.1, 0.15) is 20.3 Å². The highest BCUT2D eigenvalue weighted by molar-refractivity contribution is 7.71.